The van der Waals surface area contributed by atoms with Crippen molar-refractivity contribution >= 4 is 28.3 Å². The van der Waals surface area contributed by atoms with Crippen molar-refractivity contribution in [1.82, 2.24) is 14.9 Å². The Morgan fingerprint density at radius 2 is 1.76 bits per heavy atom. The first-order valence-electron chi connectivity index (χ1n) is 10.4. The maximum absolute atomic E-state index is 13.3. The molecule has 0 fully saturated rings. The number of carbonyl (C=O) groups is 2. The van der Waals surface area contributed by atoms with Crippen molar-refractivity contribution in [2.75, 3.05) is 5.32 Å². The zero-order valence-electron chi connectivity index (χ0n) is 18.5. The molecule has 168 valence electrons. The zero-order valence-corrected chi connectivity index (χ0v) is 19.3. The largest absolute Gasteiger partial charge is 0.352 e. The van der Waals surface area contributed by atoms with E-state index >= 15 is 0 Å². The van der Waals surface area contributed by atoms with Crippen LogP contribution in [-0.2, 0) is 11.3 Å². The molecule has 0 atom stereocenters. The summed E-state index contributed by atoms with van der Waals surface area (Å²) in [6, 6.07) is 15.5. The predicted octanol–water partition coefficient (Wildman–Crippen LogP) is 5.25. The van der Waals surface area contributed by atoms with Crippen LogP contribution in [0.25, 0.3) is 16.9 Å². The number of benzene rings is 2. The monoisotopic (exact) mass is 462 g/mol. The van der Waals surface area contributed by atoms with Crippen LogP contribution in [0.1, 0.15) is 34.2 Å². The van der Waals surface area contributed by atoms with Crippen LogP contribution >= 0.6 is 11.3 Å². The van der Waals surface area contributed by atoms with E-state index in [9.17, 15) is 14.0 Å². The molecule has 0 saturated carbocycles. The van der Waals surface area contributed by atoms with Gasteiger partial charge in [0.25, 0.3) is 5.91 Å². The van der Waals surface area contributed by atoms with Crippen molar-refractivity contribution in [1.29, 1.82) is 0 Å². The predicted molar refractivity (Wildman–Crippen MR) is 128 cm³/mol. The van der Waals surface area contributed by atoms with Crippen LogP contribution in [-0.4, -0.2) is 21.4 Å². The van der Waals surface area contributed by atoms with Crippen LogP contribution in [0.3, 0.4) is 0 Å². The highest BCUT2D eigenvalue weighted by molar-refractivity contribution is 7.14. The molecule has 4 aromatic rings. The van der Waals surface area contributed by atoms with Crippen LogP contribution in [0.5, 0.6) is 0 Å². The molecule has 0 radical (unpaired) electrons. The molecule has 2 N–H and O–H groups in total. The summed E-state index contributed by atoms with van der Waals surface area (Å²) in [5, 5.41) is 7.98. The van der Waals surface area contributed by atoms with E-state index < -0.39 is 0 Å². The Bertz CT molecular complexity index is 1310. The second-order valence-corrected chi connectivity index (χ2v) is 8.55. The Morgan fingerprint density at radius 3 is 2.42 bits per heavy atom. The van der Waals surface area contributed by atoms with Gasteiger partial charge in [-0.2, -0.15) is 0 Å². The first-order valence-corrected chi connectivity index (χ1v) is 11.3. The molecule has 6 nitrogen and oxygen atoms in total. The third-order valence-electron chi connectivity index (χ3n) is 5.27. The summed E-state index contributed by atoms with van der Waals surface area (Å²) in [5.41, 5.74) is 6.01. The molecule has 0 unspecified atom stereocenters. The lowest BCUT2D eigenvalue weighted by Gasteiger charge is -2.09. The first-order chi connectivity index (χ1) is 15.8. The topological polar surface area (TPSA) is 76.0 Å². The molecule has 2 heterocycles. The summed E-state index contributed by atoms with van der Waals surface area (Å²) >= 11 is 1.35. The van der Waals surface area contributed by atoms with E-state index in [2.05, 4.69) is 20.2 Å². The van der Waals surface area contributed by atoms with Crippen molar-refractivity contribution in [3.05, 3.63) is 88.3 Å². The molecule has 8 heteroatoms. The summed E-state index contributed by atoms with van der Waals surface area (Å²) in [5.74, 6) is -0.628. The van der Waals surface area contributed by atoms with Gasteiger partial charge >= 0.3 is 0 Å². The van der Waals surface area contributed by atoms with Crippen molar-refractivity contribution < 1.29 is 14.0 Å². The number of amides is 2. The van der Waals surface area contributed by atoms with Gasteiger partial charge in [0, 0.05) is 47.1 Å². The van der Waals surface area contributed by atoms with E-state index in [1.807, 2.05) is 37.4 Å². The number of thiazole rings is 1. The van der Waals surface area contributed by atoms with E-state index in [0.717, 1.165) is 33.9 Å². The lowest BCUT2D eigenvalue weighted by atomic mass is 10.1. The minimum atomic E-state index is -0.274. The molecule has 0 saturated heterocycles. The highest BCUT2D eigenvalue weighted by atomic mass is 32.1. The van der Waals surface area contributed by atoms with E-state index in [0.29, 0.717) is 17.2 Å². The quantitative estimate of drug-likeness (QED) is 0.411. The number of anilines is 1. The van der Waals surface area contributed by atoms with E-state index in [4.69, 9.17) is 0 Å². The number of nitrogens with one attached hydrogen (secondary N) is 2. The van der Waals surface area contributed by atoms with Crippen LogP contribution in [0.15, 0.2) is 60.0 Å². The average Bonchev–Trinajstić information content (AvgIpc) is 3.37. The van der Waals surface area contributed by atoms with E-state index in [1.165, 1.54) is 30.4 Å². The van der Waals surface area contributed by atoms with Gasteiger partial charge in [0.2, 0.25) is 5.91 Å². The lowest BCUT2D eigenvalue weighted by molar-refractivity contribution is -0.119. The maximum atomic E-state index is 13.3. The fraction of sp³-hybridized carbons (Fsp3) is 0.160. The Morgan fingerprint density at radius 1 is 1.06 bits per heavy atom. The lowest BCUT2D eigenvalue weighted by Crippen LogP contribution is -2.19. The molecular weight excluding hydrogens is 439 g/mol. The van der Waals surface area contributed by atoms with Crippen LogP contribution in [0.4, 0.5) is 9.52 Å². The molecule has 0 aliphatic carbocycles. The molecular formula is C25H23FN4O2S. The second kappa shape index (κ2) is 9.38. The van der Waals surface area contributed by atoms with Crippen LogP contribution < -0.4 is 10.6 Å². The number of rotatable bonds is 6. The normalized spacial score (nSPS) is 10.8. The average molecular weight is 463 g/mol. The SMILES string of the molecule is CC(=O)NCc1ccc(C(=O)Nc2nc(-c3cc(C)n(-c4ccc(F)cc4)c3C)cs2)cc1. The fourth-order valence-electron chi connectivity index (χ4n) is 3.63. The Balaban J connectivity index is 1.49. The van der Waals surface area contributed by atoms with Crippen molar-refractivity contribution in [2.24, 2.45) is 0 Å². The summed E-state index contributed by atoms with van der Waals surface area (Å²) in [6.45, 7) is 5.87. The molecule has 2 aromatic carbocycles. The van der Waals surface area contributed by atoms with Gasteiger partial charge in [-0.3, -0.25) is 14.9 Å². The summed E-state index contributed by atoms with van der Waals surface area (Å²) in [7, 11) is 0. The molecule has 0 aliphatic rings. The van der Waals surface area contributed by atoms with Crippen molar-refractivity contribution in [3.8, 4) is 16.9 Å². The summed E-state index contributed by atoms with van der Waals surface area (Å²) in [6.07, 6.45) is 0. The number of hydrogen-bond donors (Lipinski definition) is 2. The first kappa shape index (κ1) is 22.4. The highest BCUT2D eigenvalue weighted by Gasteiger charge is 2.16. The van der Waals surface area contributed by atoms with Gasteiger partial charge in [-0.1, -0.05) is 12.1 Å². The van der Waals surface area contributed by atoms with E-state index in [1.54, 1.807) is 24.3 Å². The Kier molecular flexibility index (Phi) is 6.37. The van der Waals surface area contributed by atoms with Gasteiger partial charge in [0.05, 0.1) is 5.69 Å². The Labute approximate surface area is 195 Å². The minimum Gasteiger partial charge on any atom is -0.352 e. The molecule has 0 aliphatic heterocycles. The fourth-order valence-corrected chi connectivity index (χ4v) is 4.34. The highest BCUT2D eigenvalue weighted by Crippen LogP contribution is 2.32. The minimum absolute atomic E-state index is 0.102. The number of aryl methyl sites for hydroxylation is 1. The number of aromatic nitrogens is 2. The maximum Gasteiger partial charge on any atom is 0.257 e. The number of nitrogens with zero attached hydrogens (tertiary/aromatic N) is 2. The molecule has 0 spiro atoms. The molecule has 2 aromatic heterocycles. The van der Waals surface area contributed by atoms with Crippen molar-refractivity contribution in [2.45, 2.75) is 27.3 Å². The third-order valence-corrected chi connectivity index (χ3v) is 6.03. The van der Waals surface area contributed by atoms with E-state index in [-0.39, 0.29) is 17.6 Å². The van der Waals surface area contributed by atoms with Crippen LogP contribution in [0.2, 0.25) is 0 Å². The smallest absolute Gasteiger partial charge is 0.257 e. The third kappa shape index (κ3) is 5.01. The summed E-state index contributed by atoms with van der Waals surface area (Å²) < 4.78 is 15.4. The molecule has 4 rings (SSSR count). The molecule has 33 heavy (non-hydrogen) atoms. The van der Waals surface area contributed by atoms with Gasteiger partial charge in [-0.05, 0) is 61.9 Å². The number of hydrogen-bond acceptors (Lipinski definition) is 4. The number of carbonyl (C=O) groups excluding carboxylic acids is 2. The van der Waals surface area contributed by atoms with Gasteiger partial charge in [-0.15, -0.1) is 11.3 Å². The van der Waals surface area contributed by atoms with Crippen LogP contribution in [0, 0.1) is 19.7 Å². The molecule has 2 amide bonds. The Hall–Kier alpha value is -3.78. The molecule has 0 bridgehead atoms. The van der Waals surface area contributed by atoms with Gasteiger partial charge in [0.15, 0.2) is 5.13 Å². The van der Waals surface area contributed by atoms with Crippen molar-refractivity contribution in [3.63, 3.8) is 0 Å². The number of halogens is 1. The zero-order chi connectivity index (χ0) is 23.5. The van der Waals surface area contributed by atoms with Gasteiger partial charge in [-0.25, -0.2) is 9.37 Å². The van der Waals surface area contributed by atoms with Gasteiger partial charge in [0.1, 0.15) is 5.82 Å². The summed E-state index contributed by atoms with van der Waals surface area (Å²) in [4.78, 5) is 28.3. The second-order valence-electron chi connectivity index (χ2n) is 7.70. The standard InChI is InChI=1S/C25H23FN4O2S/c1-15-12-22(16(2)30(15)21-10-8-20(26)9-11-21)23-14-33-25(28-23)29-24(32)19-6-4-18(5-7-19)13-27-17(3)31/h4-12,14H,13H2,1-3H3,(H,27,31)(H,28,29,32). The van der Waals surface area contributed by atoms with Gasteiger partial charge < -0.3 is 9.88 Å².